The van der Waals surface area contributed by atoms with Crippen molar-refractivity contribution < 1.29 is 62.9 Å². The van der Waals surface area contributed by atoms with Gasteiger partial charge < -0.3 is 39.3 Å². The Morgan fingerprint density at radius 2 is 1.26 bits per heavy atom. The fourth-order valence-corrected chi connectivity index (χ4v) is 4.99. The van der Waals surface area contributed by atoms with Crippen molar-refractivity contribution in [2.45, 2.75) is 64.7 Å². The van der Waals surface area contributed by atoms with Crippen molar-refractivity contribution in [2.24, 2.45) is 0 Å². The normalized spacial score (nSPS) is 10.2. The fraction of sp³-hybridized carbons (Fsp3) is 0.400. The molecule has 0 aliphatic heterocycles. The molecule has 17 nitrogen and oxygen atoms in total. The predicted octanol–water partition coefficient (Wildman–Crippen LogP) is 2.67. The van der Waals surface area contributed by atoms with E-state index in [2.05, 4.69) is 50.2 Å². The Morgan fingerprint density at radius 1 is 0.820 bits per heavy atom. The minimum atomic E-state index is -2.36. The van der Waals surface area contributed by atoms with E-state index in [0.717, 1.165) is 57.3 Å². The van der Waals surface area contributed by atoms with Gasteiger partial charge in [-0.25, -0.2) is 9.97 Å². The van der Waals surface area contributed by atoms with Crippen molar-refractivity contribution in [3.63, 3.8) is 0 Å². The zero-order chi connectivity index (χ0) is 37.0. The van der Waals surface area contributed by atoms with Crippen molar-refractivity contribution in [3.8, 4) is 0 Å². The van der Waals surface area contributed by atoms with E-state index >= 15 is 0 Å². The van der Waals surface area contributed by atoms with Crippen molar-refractivity contribution in [3.05, 3.63) is 80.7 Å². The molecule has 1 atom stereocenters. The number of nitrogens with zero attached hydrogens (tertiary/aromatic N) is 5. The number of aliphatic carboxylic acids is 2. The largest absolute Gasteiger partial charge is 0 e. The topological polar surface area (TPSA) is 249 Å². The maximum absolute atomic E-state index is 11.2. The summed E-state index contributed by atoms with van der Waals surface area (Å²) in [5.74, 6) is -0.636. The van der Waals surface area contributed by atoms with Crippen LogP contribution in [0.4, 0.5) is 11.4 Å². The van der Waals surface area contributed by atoms with Gasteiger partial charge in [0.15, 0.2) is 5.11 Å². The molecule has 0 bridgehead atoms. The molecule has 2 heterocycles. The minimum Gasteiger partial charge on any atom is 0 e. The molecule has 2 aromatic heterocycles. The Balaban J connectivity index is 0. The van der Waals surface area contributed by atoms with Gasteiger partial charge >= 0.3 is 45.8 Å². The van der Waals surface area contributed by atoms with Crippen LogP contribution in [0.15, 0.2) is 49.1 Å². The van der Waals surface area contributed by atoms with Gasteiger partial charge in [0, 0.05) is 74.4 Å². The van der Waals surface area contributed by atoms with Crippen molar-refractivity contribution in [1.82, 2.24) is 29.3 Å². The van der Waals surface area contributed by atoms with E-state index in [0.29, 0.717) is 35.5 Å². The third kappa shape index (κ3) is 21.2. The maximum atomic E-state index is 11.2. The zero-order valence-corrected chi connectivity index (χ0v) is 31.1. The molecule has 5 N–H and O–H groups in total. The Labute approximate surface area is 311 Å². The summed E-state index contributed by atoms with van der Waals surface area (Å²) in [5.41, 5.74) is 1.22. The summed E-state index contributed by atoms with van der Waals surface area (Å²) in [4.78, 5) is 33.3. The number of benzene rings is 1. The summed E-state index contributed by atoms with van der Waals surface area (Å²) in [6.07, 6.45) is 12.5. The van der Waals surface area contributed by atoms with Crippen LogP contribution in [0.3, 0.4) is 0 Å². The van der Waals surface area contributed by atoms with Crippen LogP contribution in [-0.4, -0.2) is 73.1 Å². The van der Waals surface area contributed by atoms with Gasteiger partial charge in [-0.15, -0.1) is 0 Å². The average Bonchev–Trinajstić information content (AvgIpc) is 3.71. The van der Waals surface area contributed by atoms with Crippen molar-refractivity contribution in [2.75, 3.05) is 23.1 Å². The van der Waals surface area contributed by atoms with E-state index in [1.165, 1.54) is 0 Å². The van der Waals surface area contributed by atoms with Crippen LogP contribution in [0.25, 0.3) is 0 Å². The van der Waals surface area contributed by atoms with Crippen LogP contribution in [0.1, 0.15) is 50.2 Å². The van der Waals surface area contributed by atoms with E-state index in [-0.39, 0.29) is 33.5 Å². The number of aromatic nitrogens is 4. The molecular weight excluding hydrogens is 867 g/mol. The maximum Gasteiger partial charge on any atom is 0 e. The molecule has 1 aromatic carbocycles. The van der Waals surface area contributed by atoms with E-state index in [1.54, 1.807) is 58.2 Å². The standard InChI is InChI=1S/C27H38N8O6S2.3CO.Re/c36-25(37)19-34-15-12-28-23(34)17-33(18-24-29-13-16-35(24)20-26(38)39)14-6-4-2-1-3-5-11-30-27(42)31-21-7-9-22(10-8-21)32-43(40)41;3*1-2;/h7-10,12-13,15-16,32H,1-6,11,14,17-20H2,(H,36,37)(H,38,39)(H,40,41)(H2,30,31,42);;;;/p-1. The molecule has 3 rings (SSSR count). The first kappa shape index (κ1) is 48.1. The van der Waals surface area contributed by atoms with Gasteiger partial charge in [-0.05, 0) is 55.9 Å². The molecule has 3 aromatic rings. The van der Waals surface area contributed by atoms with E-state index in [9.17, 15) is 28.6 Å². The van der Waals surface area contributed by atoms with E-state index in [1.807, 2.05) is 0 Å². The Hall–Kier alpha value is -3.98. The molecular formula is C30H37N8O9ReS2-. The van der Waals surface area contributed by atoms with Gasteiger partial charge in [0.2, 0.25) is 0 Å². The van der Waals surface area contributed by atoms with E-state index in [4.69, 9.17) is 26.2 Å². The molecule has 0 saturated carbocycles. The molecule has 1 unspecified atom stereocenters. The van der Waals surface area contributed by atoms with Gasteiger partial charge in [-0.2, -0.15) is 0 Å². The van der Waals surface area contributed by atoms with Crippen LogP contribution in [-0.2, 0) is 81.4 Å². The summed E-state index contributed by atoms with van der Waals surface area (Å²) in [6, 6.07) is 6.75. The van der Waals surface area contributed by atoms with Crippen LogP contribution in [0.2, 0.25) is 0 Å². The minimum absolute atomic E-state index is 0. The second-order valence-corrected chi connectivity index (χ2v) is 10.9. The second-order valence-electron chi connectivity index (χ2n) is 9.86. The van der Waals surface area contributed by atoms with Crippen LogP contribution >= 0.6 is 12.2 Å². The first-order chi connectivity index (χ1) is 23.7. The second kappa shape index (κ2) is 29.9. The summed E-state index contributed by atoms with van der Waals surface area (Å²) in [6.45, 7) is 15.5. The van der Waals surface area contributed by atoms with Crippen LogP contribution in [0, 0.1) is 20.0 Å². The van der Waals surface area contributed by atoms with Gasteiger partial charge in [0.1, 0.15) is 24.7 Å². The smallest absolute Gasteiger partial charge is 0 e. The number of hydrogen-bond acceptors (Lipinski definition) is 8. The molecule has 0 aliphatic rings. The fourth-order valence-electron chi connectivity index (χ4n) is 4.44. The van der Waals surface area contributed by atoms with Crippen LogP contribution < -0.4 is 15.4 Å². The van der Waals surface area contributed by atoms with Gasteiger partial charge in [-0.1, -0.05) is 25.7 Å². The molecule has 20 heteroatoms. The molecule has 0 fully saturated rings. The number of rotatable bonds is 20. The Kier molecular flexibility index (Phi) is 28.8. The third-order valence-electron chi connectivity index (χ3n) is 6.48. The first-order valence-electron chi connectivity index (χ1n) is 14.5. The molecule has 50 heavy (non-hydrogen) atoms. The number of anilines is 2. The van der Waals surface area contributed by atoms with Crippen LogP contribution in [0.5, 0.6) is 0 Å². The number of carbonyl (C=O) groups is 2. The number of imidazole rings is 2. The average molecular weight is 904 g/mol. The molecule has 0 spiro atoms. The predicted molar refractivity (Wildman–Crippen MR) is 177 cm³/mol. The number of carboxylic acid groups (broad SMARTS) is 2. The van der Waals surface area contributed by atoms with Crippen molar-refractivity contribution in [1.29, 1.82) is 0 Å². The number of hydrogen-bond donors (Lipinski definition) is 5. The molecule has 271 valence electrons. The molecule has 0 amide bonds. The Bertz CT molecular complexity index is 1430. The first-order valence-corrected chi connectivity index (χ1v) is 16.0. The summed E-state index contributed by atoms with van der Waals surface area (Å²) < 4.78 is 49.4. The number of thiocarbonyl (C=S) groups is 1. The van der Waals surface area contributed by atoms with E-state index < -0.39 is 23.2 Å². The quantitative estimate of drug-likeness (QED) is 0.0361. The van der Waals surface area contributed by atoms with Crippen molar-refractivity contribution >= 4 is 51.9 Å². The SMILES string of the molecule is O=C(O)Cn1ccnc1CN(CCCCCCCCNC(=S)Nc1ccc(NS(=O)[O-])cc1)Cc1nccn1CC(=O)O.[C-]#[O+].[C-]#[O+].[C-]#[O+].[Re]. The molecule has 0 aliphatic carbocycles. The third-order valence-corrected chi connectivity index (χ3v) is 7.12. The Morgan fingerprint density at radius 3 is 1.72 bits per heavy atom. The monoisotopic (exact) mass is 904 g/mol. The summed E-state index contributed by atoms with van der Waals surface area (Å²) in [5, 5.41) is 25.2. The van der Waals surface area contributed by atoms with Gasteiger partial charge in [-0.3, -0.25) is 18.7 Å². The number of carboxylic acids is 2. The van der Waals surface area contributed by atoms with Gasteiger partial charge in [0.05, 0.1) is 13.1 Å². The number of nitrogens with one attached hydrogen (secondary N) is 3. The zero-order valence-electron chi connectivity index (χ0n) is 26.8. The summed E-state index contributed by atoms with van der Waals surface area (Å²) >= 11 is 2.96. The molecule has 1 radical (unpaired) electrons. The molecule has 0 saturated heterocycles. The van der Waals surface area contributed by atoms with Gasteiger partial charge in [0.25, 0.3) is 0 Å². The number of unbranched alkanes of at least 4 members (excludes halogenated alkanes) is 5. The summed E-state index contributed by atoms with van der Waals surface area (Å²) in [7, 11) is 0.